The Kier molecular flexibility index (Phi) is 8.55. The van der Waals surface area contributed by atoms with Crippen LogP contribution in [0.2, 0.25) is 10.0 Å². The predicted molar refractivity (Wildman–Crippen MR) is 133 cm³/mol. The van der Waals surface area contributed by atoms with Crippen LogP contribution in [0.25, 0.3) is 0 Å². The molecule has 5 rings (SSSR count). The average Bonchev–Trinajstić information content (AvgIpc) is 3.12. The molecular formula is C26H30Cl3F4N. The molecular weight excluding hydrogens is 509 g/mol. The van der Waals surface area contributed by atoms with Crippen molar-refractivity contribution in [2.45, 2.75) is 81.6 Å². The van der Waals surface area contributed by atoms with Crippen LogP contribution in [-0.2, 0) is 23.9 Å². The van der Waals surface area contributed by atoms with Gasteiger partial charge in [-0.3, -0.25) is 0 Å². The zero-order valence-electron chi connectivity index (χ0n) is 19.1. The number of hydrogen-bond donors (Lipinski definition) is 1. The highest BCUT2D eigenvalue weighted by Gasteiger charge is 2.54. The number of fused-ring (bicyclic) bond motifs is 3. The van der Waals surface area contributed by atoms with Crippen LogP contribution in [0.15, 0.2) is 36.4 Å². The first-order valence-corrected chi connectivity index (χ1v) is 12.4. The lowest BCUT2D eigenvalue weighted by atomic mass is 9.63. The predicted octanol–water partition coefficient (Wildman–Crippen LogP) is 8.51. The Balaban J connectivity index is 0.000000588. The van der Waals surface area contributed by atoms with E-state index in [0.717, 1.165) is 36.1 Å². The summed E-state index contributed by atoms with van der Waals surface area (Å²) in [6, 6.07) is 10.2. The smallest absolute Gasteiger partial charge is 0.313 e. The summed E-state index contributed by atoms with van der Waals surface area (Å²) in [6.45, 7) is 1.42. The van der Waals surface area contributed by atoms with Gasteiger partial charge in [0.25, 0.3) is 0 Å². The fraction of sp³-hybridized carbons (Fsp3) is 0.538. The second-order valence-electron chi connectivity index (χ2n) is 9.66. The van der Waals surface area contributed by atoms with E-state index >= 15 is 0 Å². The van der Waals surface area contributed by atoms with E-state index in [2.05, 4.69) is 5.32 Å². The molecule has 8 heteroatoms. The molecule has 34 heavy (non-hydrogen) atoms. The molecule has 3 aliphatic rings. The van der Waals surface area contributed by atoms with Gasteiger partial charge in [0.15, 0.2) is 0 Å². The van der Waals surface area contributed by atoms with Gasteiger partial charge in [0.05, 0.1) is 10.0 Å². The van der Waals surface area contributed by atoms with Gasteiger partial charge in [-0.1, -0.05) is 73.2 Å². The van der Waals surface area contributed by atoms with E-state index in [9.17, 15) is 17.6 Å². The molecule has 0 spiro atoms. The van der Waals surface area contributed by atoms with Crippen LogP contribution in [0.3, 0.4) is 0 Å². The second-order valence-corrected chi connectivity index (χ2v) is 10.5. The third-order valence-electron chi connectivity index (χ3n) is 7.55. The highest BCUT2D eigenvalue weighted by atomic mass is 35.5. The summed E-state index contributed by atoms with van der Waals surface area (Å²) in [4.78, 5) is 0. The topological polar surface area (TPSA) is 12.0 Å². The van der Waals surface area contributed by atoms with Crippen molar-refractivity contribution in [1.29, 1.82) is 0 Å². The molecule has 2 aromatic carbocycles. The van der Waals surface area contributed by atoms with Crippen molar-refractivity contribution >= 4 is 35.6 Å². The first kappa shape index (κ1) is 27.6. The number of benzene rings is 2. The standard InChI is InChI=1S/C22H21Cl2F4N.C4H8.ClH/c1-20(25,22(26,27)28)15-4-5-16-14(11-15)3-7-19-21(16,8-9-29-19)12-13-2-6-17(23)18(24)10-13;1-2-4-3-1;/h2,4-6,10-11,19,29H,3,7-9,12H2,1H3;1-4H2;1H. The number of nitrogens with one attached hydrogen (secondary N) is 1. The normalized spacial score (nSPS) is 25.0. The number of rotatable bonds is 3. The van der Waals surface area contributed by atoms with Crippen LogP contribution in [0.1, 0.15) is 67.7 Å². The monoisotopic (exact) mass is 537 g/mol. The van der Waals surface area contributed by atoms with Crippen LogP contribution < -0.4 is 5.32 Å². The molecule has 0 aromatic heterocycles. The summed E-state index contributed by atoms with van der Waals surface area (Å²) in [5.74, 6) is 0. The summed E-state index contributed by atoms with van der Waals surface area (Å²) < 4.78 is 54.1. The van der Waals surface area contributed by atoms with Crippen molar-refractivity contribution in [3.05, 3.63) is 68.7 Å². The SMILES string of the molecule is C1CCC1.CC(F)(c1ccc2c(c1)CCC1NCCC21Cc1ccc(Cl)c(Cl)c1)C(F)(F)F.Cl. The van der Waals surface area contributed by atoms with Gasteiger partial charge in [0.2, 0.25) is 5.67 Å². The Morgan fingerprint density at radius 1 is 0.971 bits per heavy atom. The molecule has 3 atom stereocenters. The molecule has 3 unspecified atom stereocenters. The third-order valence-corrected chi connectivity index (χ3v) is 8.29. The van der Waals surface area contributed by atoms with E-state index in [4.69, 9.17) is 23.2 Å². The summed E-state index contributed by atoms with van der Waals surface area (Å²) in [7, 11) is 0. The van der Waals surface area contributed by atoms with Crippen LogP contribution in [0.4, 0.5) is 17.6 Å². The molecule has 1 saturated heterocycles. The molecule has 1 heterocycles. The van der Waals surface area contributed by atoms with Crippen LogP contribution in [0, 0.1) is 0 Å². The van der Waals surface area contributed by atoms with Crippen molar-refractivity contribution < 1.29 is 17.6 Å². The number of hydrogen-bond acceptors (Lipinski definition) is 1. The maximum Gasteiger partial charge on any atom is 0.426 e. The minimum Gasteiger partial charge on any atom is -0.313 e. The van der Waals surface area contributed by atoms with E-state index in [0.29, 0.717) is 29.8 Å². The molecule has 2 fully saturated rings. The Morgan fingerprint density at radius 2 is 1.65 bits per heavy atom. The quantitative estimate of drug-likeness (QED) is 0.386. The van der Waals surface area contributed by atoms with Crippen LogP contribution in [0.5, 0.6) is 0 Å². The molecule has 2 aliphatic carbocycles. The first-order chi connectivity index (χ1) is 15.5. The van der Waals surface area contributed by atoms with Gasteiger partial charge in [-0.05, 0) is 73.5 Å². The van der Waals surface area contributed by atoms with Gasteiger partial charge < -0.3 is 5.32 Å². The Hall–Kier alpha value is -1.01. The van der Waals surface area contributed by atoms with Crippen molar-refractivity contribution in [2.24, 2.45) is 0 Å². The van der Waals surface area contributed by atoms with E-state index in [-0.39, 0.29) is 29.4 Å². The van der Waals surface area contributed by atoms with Crippen molar-refractivity contribution in [3.8, 4) is 0 Å². The summed E-state index contributed by atoms with van der Waals surface area (Å²) in [6.07, 6.45) is 4.02. The minimum absolute atomic E-state index is 0. The first-order valence-electron chi connectivity index (χ1n) is 11.6. The second kappa shape index (κ2) is 10.5. The fourth-order valence-corrected chi connectivity index (χ4v) is 5.47. The lowest BCUT2D eigenvalue weighted by molar-refractivity contribution is -0.228. The van der Waals surface area contributed by atoms with E-state index < -0.39 is 11.8 Å². The zero-order chi connectivity index (χ0) is 23.9. The molecule has 2 aromatic rings. The average molecular weight is 539 g/mol. The van der Waals surface area contributed by atoms with Gasteiger partial charge in [-0.25, -0.2) is 4.39 Å². The van der Waals surface area contributed by atoms with Crippen LogP contribution in [-0.4, -0.2) is 18.8 Å². The molecule has 0 amide bonds. The van der Waals surface area contributed by atoms with Gasteiger partial charge in [-0.2, -0.15) is 13.2 Å². The largest absolute Gasteiger partial charge is 0.426 e. The Morgan fingerprint density at radius 3 is 2.24 bits per heavy atom. The summed E-state index contributed by atoms with van der Waals surface area (Å²) in [5.41, 5.74) is -1.13. The third kappa shape index (κ3) is 5.23. The highest BCUT2D eigenvalue weighted by Crippen LogP contribution is 2.48. The Bertz CT molecular complexity index is 1000. The van der Waals surface area contributed by atoms with Gasteiger partial charge in [0, 0.05) is 11.5 Å². The molecule has 1 saturated carbocycles. The molecule has 1 nitrogen and oxygen atoms in total. The fourth-order valence-electron chi connectivity index (χ4n) is 5.15. The van der Waals surface area contributed by atoms with E-state index in [1.807, 2.05) is 12.1 Å². The van der Waals surface area contributed by atoms with Gasteiger partial charge in [-0.15, -0.1) is 12.4 Å². The van der Waals surface area contributed by atoms with E-state index in [1.54, 1.807) is 12.1 Å². The lowest BCUT2D eigenvalue weighted by Crippen LogP contribution is -2.46. The van der Waals surface area contributed by atoms with Gasteiger partial charge >= 0.3 is 6.18 Å². The lowest BCUT2D eigenvalue weighted by Gasteiger charge is -2.42. The van der Waals surface area contributed by atoms with E-state index in [1.165, 1.54) is 37.8 Å². The number of aryl methyl sites for hydroxylation is 1. The molecule has 1 aliphatic heterocycles. The molecule has 188 valence electrons. The highest BCUT2D eigenvalue weighted by molar-refractivity contribution is 6.42. The maximum absolute atomic E-state index is 14.5. The number of halogens is 7. The van der Waals surface area contributed by atoms with Crippen LogP contribution >= 0.6 is 35.6 Å². The molecule has 0 radical (unpaired) electrons. The minimum atomic E-state index is -4.95. The molecule has 0 bridgehead atoms. The Labute approximate surface area is 215 Å². The maximum atomic E-state index is 14.5. The summed E-state index contributed by atoms with van der Waals surface area (Å²) >= 11 is 12.2. The van der Waals surface area contributed by atoms with Gasteiger partial charge in [0.1, 0.15) is 0 Å². The van der Waals surface area contributed by atoms with Crippen molar-refractivity contribution in [3.63, 3.8) is 0 Å². The zero-order valence-corrected chi connectivity index (χ0v) is 21.4. The molecule has 1 N–H and O–H groups in total. The van der Waals surface area contributed by atoms with Crippen molar-refractivity contribution in [1.82, 2.24) is 5.32 Å². The number of alkyl halides is 4. The summed E-state index contributed by atoms with van der Waals surface area (Å²) in [5, 5.41) is 4.51. The van der Waals surface area contributed by atoms with Crippen molar-refractivity contribution in [2.75, 3.05) is 6.54 Å².